The number of rotatable bonds is 2. The zero-order valence-electron chi connectivity index (χ0n) is 10.3. The molecule has 1 aromatic carbocycles. The molecule has 0 amide bonds. The number of ether oxygens (including phenoxy) is 1. The van der Waals surface area contributed by atoms with Crippen LogP contribution >= 0.6 is 0 Å². The second-order valence-electron chi connectivity index (χ2n) is 5.03. The average molecular weight is 236 g/mol. The summed E-state index contributed by atoms with van der Waals surface area (Å²) in [6.07, 6.45) is -0.115. The Bertz CT molecular complexity index is 517. The molecule has 0 saturated carbocycles. The Morgan fingerprint density at radius 2 is 1.69 bits per heavy atom. The van der Waals surface area contributed by atoms with E-state index in [1.165, 1.54) is 0 Å². The van der Waals surface area contributed by atoms with Crippen molar-refractivity contribution in [1.82, 2.24) is 0 Å². The summed E-state index contributed by atoms with van der Waals surface area (Å²) in [5.74, 6) is 2.93. The van der Waals surface area contributed by atoms with Crippen molar-refractivity contribution in [2.24, 2.45) is 0 Å². The Hall–Kier alpha value is -1.34. The van der Waals surface area contributed by atoms with Crippen LogP contribution in [0.4, 0.5) is 0 Å². The maximum absolute atomic E-state index is 11.3. The first kappa shape index (κ1) is 12.7. The van der Waals surface area contributed by atoms with Crippen LogP contribution in [0, 0.1) is 11.5 Å². The third-order valence-electron chi connectivity index (χ3n) is 1.78. The van der Waals surface area contributed by atoms with Crippen molar-refractivity contribution in [2.75, 3.05) is 0 Å². The van der Waals surface area contributed by atoms with Gasteiger partial charge in [0.05, 0.1) is 6.10 Å². The molecule has 3 nitrogen and oxygen atoms in total. The van der Waals surface area contributed by atoms with Crippen molar-refractivity contribution in [3.8, 4) is 17.2 Å². The summed E-state index contributed by atoms with van der Waals surface area (Å²) >= 11 is 0. The van der Waals surface area contributed by atoms with Crippen LogP contribution in [0.15, 0.2) is 9.59 Å². The zero-order valence-corrected chi connectivity index (χ0v) is 11.3. The molecule has 86 valence electrons. The van der Waals surface area contributed by atoms with Crippen LogP contribution in [-0.2, 0) is 0 Å². The molecule has 0 unspecified atom stereocenters. The molecule has 0 aliphatic rings. The van der Waals surface area contributed by atoms with E-state index in [1.54, 1.807) is 0 Å². The highest BCUT2D eigenvalue weighted by Crippen LogP contribution is 2.12. The first-order valence-corrected chi connectivity index (χ1v) is 8.75. The van der Waals surface area contributed by atoms with Crippen molar-refractivity contribution in [3.63, 3.8) is 0 Å². The van der Waals surface area contributed by atoms with Gasteiger partial charge in [0.25, 0.3) is 5.43 Å². The van der Waals surface area contributed by atoms with Gasteiger partial charge in [-0.3, -0.25) is 9.59 Å². The van der Waals surface area contributed by atoms with Gasteiger partial charge in [-0.25, -0.2) is 0 Å². The Labute approximate surface area is 96.1 Å². The minimum absolute atomic E-state index is 0.115. The summed E-state index contributed by atoms with van der Waals surface area (Å²) < 4.78 is 5.27. The quantitative estimate of drug-likeness (QED) is 0.441. The van der Waals surface area contributed by atoms with Crippen LogP contribution in [0.5, 0.6) is 5.75 Å². The zero-order chi connectivity index (χ0) is 12.5. The maximum atomic E-state index is 11.3. The fourth-order valence-electron chi connectivity index (χ4n) is 1.08. The van der Waals surface area contributed by atoms with Gasteiger partial charge in [0.2, 0.25) is 5.43 Å². The molecular formula is C12H16O3Si. The van der Waals surface area contributed by atoms with E-state index >= 15 is 0 Å². The van der Waals surface area contributed by atoms with E-state index < -0.39 is 18.9 Å². The minimum atomic E-state index is -1.54. The summed E-state index contributed by atoms with van der Waals surface area (Å²) in [6.45, 7) is 9.86. The van der Waals surface area contributed by atoms with Gasteiger partial charge in [0, 0.05) is 0 Å². The van der Waals surface area contributed by atoms with Crippen LogP contribution in [0.1, 0.15) is 19.4 Å². The van der Waals surface area contributed by atoms with Gasteiger partial charge in [-0.2, -0.15) is 0 Å². The van der Waals surface area contributed by atoms with E-state index in [4.69, 9.17) is 4.74 Å². The highest BCUT2D eigenvalue weighted by atomic mass is 28.3. The topological polar surface area (TPSA) is 43.4 Å². The highest BCUT2D eigenvalue weighted by Gasteiger charge is 2.22. The second-order valence-corrected chi connectivity index (χ2v) is 9.78. The fourth-order valence-corrected chi connectivity index (χ4v) is 1.58. The molecule has 0 spiro atoms. The fraction of sp³-hybridized carbons (Fsp3) is 0.500. The maximum Gasteiger partial charge on any atom is 0.270 e. The molecule has 0 aromatic heterocycles. The summed E-state index contributed by atoms with van der Waals surface area (Å²) in [5.41, 5.74) is 2.25. The SMILES string of the molecule is CC(C)Oc1c(C#C[Si](C)(C)C)c(=O)c1=O. The van der Waals surface area contributed by atoms with Gasteiger partial charge in [-0.1, -0.05) is 25.6 Å². The molecule has 0 aliphatic carbocycles. The highest BCUT2D eigenvalue weighted by molar-refractivity contribution is 6.83. The lowest BCUT2D eigenvalue weighted by Gasteiger charge is -2.12. The Balaban J connectivity index is 3.06. The van der Waals surface area contributed by atoms with Crippen molar-refractivity contribution in [3.05, 3.63) is 26.0 Å². The predicted octanol–water partition coefficient (Wildman–Crippen LogP) is 1.30. The number of hydrogen-bond acceptors (Lipinski definition) is 3. The molecule has 0 fully saturated rings. The standard InChI is InChI=1S/C12H16O3Si/c1-8(2)15-12-9(10(13)11(12)14)6-7-16(3,4)5/h8H,1-5H3. The van der Waals surface area contributed by atoms with Crippen LogP contribution in [0.25, 0.3) is 0 Å². The number of hydrogen-bond donors (Lipinski definition) is 0. The van der Waals surface area contributed by atoms with E-state index in [-0.39, 0.29) is 17.4 Å². The lowest BCUT2D eigenvalue weighted by molar-refractivity contribution is 0.236. The normalized spacial score (nSPS) is 11.4. The van der Waals surface area contributed by atoms with E-state index in [0.717, 1.165) is 0 Å². The Morgan fingerprint density at radius 3 is 2.12 bits per heavy atom. The van der Waals surface area contributed by atoms with Crippen molar-refractivity contribution >= 4 is 8.07 Å². The molecule has 0 aliphatic heterocycles. The largest absolute Gasteiger partial charge is 0.485 e. The summed E-state index contributed by atoms with van der Waals surface area (Å²) in [7, 11) is -1.54. The lowest BCUT2D eigenvalue weighted by Crippen LogP contribution is -2.37. The smallest absolute Gasteiger partial charge is 0.270 e. The van der Waals surface area contributed by atoms with E-state index in [1.807, 2.05) is 13.8 Å². The van der Waals surface area contributed by atoms with Crippen LogP contribution < -0.4 is 15.6 Å². The monoisotopic (exact) mass is 236 g/mol. The molecule has 1 rings (SSSR count). The Kier molecular flexibility index (Phi) is 3.39. The van der Waals surface area contributed by atoms with Gasteiger partial charge >= 0.3 is 0 Å². The van der Waals surface area contributed by atoms with Gasteiger partial charge in [0.1, 0.15) is 13.6 Å². The molecule has 4 heteroatoms. The summed E-state index contributed by atoms with van der Waals surface area (Å²) in [6, 6.07) is 0. The molecule has 0 bridgehead atoms. The molecule has 1 aromatic rings. The van der Waals surface area contributed by atoms with E-state index in [2.05, 4.69) is 31.1 Å². The van der Waals surface area contributed by atoms with Crippen molar-refractivity contribution in [1.29, 1.82) is 0 Å². The lowest BCUT2D eigenvalue weighted by atomic mass is 10.1. The molecule has 0 saturated heterocycles. The Morgan fingerprint density at radius 1 is 1.12 bits per heavy atom. The van der Waals surface area contributed by atoms with Crippen LogP contribution in [0.2, 0.25) is 19.6 Å². The first-order valence-electron chi connectivity index (χ1n) is 5.25. The molecule has 0 heterocycles. The summed E-state index contributed by atoms with van der Waals surface area (Å²) in [4.78, 5) is 22.5. The molecule has 0 atom stereocenters. The molecule has 16 heavy (non-hydrogen) atoms. The minimum Gasteiger partial charge on any atom is -0.485 e. The third kappa shape index (κ3) is 2.83. The van der Waals surface area contributed by atoms with Crippen LogP contribution in [0.3, 0.4) is 0 Å². The predicted molar refractivity (Wildman–Crippen MR) is 67.3 cm³/mol. The van der Waals surface area contributed by atoms with Gasteiger partial charge in [-0.15, -0.1) is 5.54 Å². The first-order chi connectivity index (χ1) is 7.22. The average Bonchev–Trinajstić information content (AvgIpc) is 2.13. The van der Waals surface area contributed by atoms with Gasteiger partial charge < -0.3 is 4.74 Å². The molecule has 0 radical (unpaired) electrons. The molecular weight excluding hydrogens is 220 g/mol. The van der Waals surface area contributed by atoms with E-state index in [0.29, 0.717) is 0 Å². The van der Waals surface area contributed by atoms with Crippen molar-refractivity contribution in [2.45, 2.75) is 39.6 Å². The summed E-state index contributed by atoms with van der Waals surface area (Å²) in [5, 5.41) is 0. The van der Waals surface area contributed by atoms with Gasteiger partial charge in [0.15, 0.2) is 5.75 Å². The third-order valence-corrected chi connectivity index (χ3v) is 2.66. The molecule has 0 N–H and O–H groups in total. The van der Waals surface area contributed by atoms with Gasteiger partial charge in [-0.05, 0) is 13.8 Å². The van der Waals surface area contributed by atoms with E-state index in [9.17, 15) is 9.59 Å². The van der Waals surface area contributed by atoms with Crippen molar-refractivity contribution < 1.29 is 4.74 Å². The van der Waals surface area contributed by atoms with Crippen LogP contribution in [-0.4, -0.2) is 14.2 Å². The second kappa shape index (κ2) is 4.26.